The molecule has 4 rings (SSSR count). The SMILES string of the molecule is Cc1ccccc1CNC(=O)C1N(C(=O)C(O)C(Cc2ccccc2)NC(=O)/C=C/C(=O)Nc2ccccc2)CSC1(C)C. The monoisotopic (exact) mass is 614 g/mol. The van der Waals surface area contributed by atoms with Crippen molar-refractivity contribution in [2.45, 2.75) is 56.7 Å². The second kappa shape index (κ2) is 14.9. The summed E-state index contributed by atoms with van der Waals surface area (Å²) >= 11 is 1.45. The van der Waals surface area contributed by atoms with Crippen LogP contribution in [0.5, 0.6) is 0 Å². The smallest absolute Gasteiger partial charge is 0.254 e. The maximum absolute atomic E-state index is 13.8. The second-order valence-corrected chi connectivity index (χ2v) is 12.8. The molecule has 1 fully saturated rings. The summed E-state index contributed by atoms with van der Waals surface area (Å²) in [6.45, 7) is 6.06. The molecule has 0 aliphatic carbocycles. The van der Waals surface area contributed by atoms with E-state index >= 15 is 0 Å². The van der Waals surface area contributed by atoms with E-state index < -0.39 is 40.7 Å². The fourth-order valence-corrected chi connectivity index (χ4v) is 6.18. The van der Waals surface area contributed by atoms with E-state index in [1.54, 1.807) is 24.3 Å². The van der Waals surface area contributed by atoms with Crippen molar-refractivity contribution < 1.29 is 24.3 Å². The van der Waals surface area contributed by atoms with Crippen molar-refractivity contribution in [3.05, 3.63) is 114 Å². The fraction of sp³-hybridized carbons (Fsp3) is 0.294. The van der Waals surface area contributed by atoms with Crippen molar-refractivity contribution in [1.29, 1.82) is 0 Å². The Morgan fingerprint density at radius 1 is 0.932 bits per heavy atom. The minimum absolute atomic E-state index is 0.151. The van der Waals surface area contributed by atoms with E-state index in [0.29, 0.717) is 12.2 Å². The number of benzene rings is 3. The summed E-state index contributed by atoms with van der Waals surface area (Å²) in [6.07, 6.45) is 0.652. The van der Waals surface area contributed by atoms with E-state index in [-0.39, 0.29) is 18.2 Å². The number of thioether (sulfide) groups is 1. The van der Waals surface area contributed by atoms with Crippen LogP contribution in [0.15, 0.2) is 97.1 Å². The van der Waals surface area contributed by atoms with Crippen LogP contribution in [0.2, 0.25) is 0 Å². The molecule has 0 radical (unpaired) electrons. The van der Waals surface area contributed by atoms with Gasteiger partial charge in [-0.2, -0.15) is 0 Å². The summed E-state index contributed by atoms with van der Waals surface area (Å²) in [5.41, 5.74) is 3.38. The van der Waals surface area contributed by atoms with Crippen LogP contribution in [0.25, 0.3) is 0 Å². The van der Waals surface area contributed by atoms with Crippen molar-refractivity contribution in [3.63, 3.8) is 0 Å². The van der Waals surface area contributed by atoms with Gasteiger partial charge < -0.3 is 26.0 Å². The van der Waals surface area contributed by atoms with E-state index in [0.717, 1.165) is 28.8 Å². The van der Waals surface area contributed by atoms with Crippen LogP contribution < -0.4 is 16.0 Å². The molecule has 1 aliphatic heterocycles. The summed E-state index contributed by atoms with van der Waals surface area (Å²) in [7, 11) is 0. The number of anilines is 1. The molecule has 1 aliphatic rings. The lowest BCUT2D eigenvalue weighted by molar-refractivity contribution is -0.147. The molecular weight excluding hydrogens is 576 g/mol. The van der Waals surface area contributed by atoms with Gasteiger partial charge in [0.15, 0.2) is 6.10 Å². The summed E-state index contributed by atoms with van der Waals surface area (Å²) in [6, 6.07) is 23.8. The predicted octanol–water partition coefficient (Wildman–Crippen LogP) is 3.57. The van der Waals surface area contributed by atoms with E-state index in [1.165, 1.54) is 16.7 Å². The van der Waals surface area contributed by atoms with E-state index in [2.05, 4.69) is 16.0 Å². The third-order valence-corrected chi connectivity index (χ3v) is 8.85. The number of rotatable bonds is 11. The Bertz CT molecular complexity index is 1500. The van der Waals surface area contributed by atoms with Crippen LogP contribution >= 0.6 is 11.8 Å². The maximum Gasteiger partial charge on any atom is 0.254 e. The Hall–Kier alpha value is -4.41. The zero-order valence-corrected chi connectivity index (χ0v) is 25.8. The van der Waals surface area contributed by atoms with Gasteiger partial charge in [-0.3, -0.25) is 19.2 Å². The maximum atomic E-state index is 13.8. The molecule has 0 spiro atoms. The quantitative estimate of drug-likeness (QED) is 0.245. The minimum Gasteiger partial charge on any atom is -0.381 e. The average molecular weight is 615 g/mol. The average Bonchev–Trinajstić information content (AvgIpc) is 3.34. The lowest BCUT2D eigenvalue weighted by atomic mass is 9.97. The molecule has 44 heavy (non-hydrogen) atoms. The van der Waals surface area contributed by atoms with Crippen LogP contribution in [-0.4, -0.2) is 62.4 Å². The van der Waals surface area contributed by atoms with Gasteiger partial charge in [0.1, 0.15) is 6.04 Å². The van der Waals surface area contributed by atoms with Crippen molar-refractivity contribution >= 4 is 41.1 Å². The molecule has 230 valence electrons. The molecule has 0 aromatic heterocycles. The van der Waals surface area contributed by atoms with Gasteiger partial charge in [0, 0.05) is 29.1 Å². The zero-order chi connectivity index (χ0) is 31.7. The molecule has 3 aromatic carbocycles. The van der Waals surface area contributed by atoms with Crippen LogP contribution in [-0.2, 0) is 32.1 Å². The highest BCUT2D eigenvalue weighted by Gasteiger charge is 2.49. The Morgan fingerprint density at radius 3 is 2.23 bits per heavy atom. The van der Waals surface area contributed by atoms with Gasteiger partial charge >= 0.3 is 0 Å². The van der Waals surface area contributed by atoms with Crippen molar-refractivity contribution in [3.8, 4) is 0 Å². The highest BCUT2D eigenvalue weighted by Crippen LogP contribution is 2.40. The van der Waals surface area contributed by atoms with Crippen molar-refractivity contribution in [1.82, 2.24) is 15.5 Å². The molecule has 3 atom stereocenters. The number of hydrogen-bond acceptors (Lipinski definition) is 6. The van der Waals surface area contributed by atoms with Gasteiger partial charge in [0.25, 0.3) is 5.91 Å². The summed E-state index contributed by atoms with van der Waals surface area (Å²) in [4.78, 5) is 53.9. The molecule has 3 aromatic rings. The van der Waals surface area contributed by atoms with E-state index in [4.69, 9.17) is 0 Å². The lowest BCUT2D eigenvalue weighted by Gasteiger charge is -2.33. The zero-order valence-electron chi connectivity index (χ0n) is 25.0. The molecule has 10 heteroatoms. The van der Waals surface area contributed by atoms with E-state index in [9.17, 15) is 24.3 Å². The Balaban J connectivity index is 1.47. The highest BCUT2D eigenvalue weighted by molar-refractivity contribution is 8.00. The third-order valence-electron chi connectivity index (χ3n) is 7.48. The normalized spacial score (nSPS) is 17.1. The molecule has 0 bridgehead atoms. The molecule has 1 saturated heterocycles. The summed E-state index contributed by atoms with van der Waals surface area (Å²) in [5.74, 6) is -1.93. The van der Waals surface area contributed by atoms with Gasteiger partial charge in [-0.1, -0.05) is 72.8 Å². The first-order valence-corrected chi connectivity index (χ1v) is 15.4. The number of amides is 4. The predicted molar refractivity (Wildman–Crippen MR) is 172 cm³/mol. The van der Waals surface area contributed by atoms with Gasteiger partial charge in [0.2, 0.25) is 17.7 Å². The fourth-order valence-electron chi connectivity index (χ4n) is 5.04. The topological polar surface area (TPSA) is 128 Å². The molecule has 3 unspecified atom stereocenters. The van der Waals surface area contributed by atoms with Crippen molar-refractivity contribution in [2.75, 3.05) is 11.2 Å². The molecule has 9 nitrogen and oxygen atoms in total. The Labute approximate surface area is 262 Å². The number of aliphatic hydroxyl groups is 1. The van der Waals surface area contributed by atoms with Gasteiger partial charge in [-0.15, -0.1) is 11.8 Å². The molecular formula is C34H38N4O5S. The highest BCUT2D eigenvalue weighted by atomic mass is 32.2. The number of nitrogens with zero attached hydrogens (tertiary/aromatic N) is 1. The summed E-state index contributed by atoms with van der Waals surface area (Å²) in [5, 5.41) is 19.7. The van der Waals surface area contributed by atoms with Gasteiger partial charge in [-0.05, 0) is 56.0 Å². The Morgan fingerprint density at radius 2 is 1.55 bits per heavy atom. The van der Waals surface area contributed by atoms with Crippen LogP contribution in [0, 0.1) is 6.92 Å². The number of carbonyl (C=O) groups is 4. The first-order chi connectivity index (χ1) is 21.0. The summed E-state index contributed by atoms with van der Waals surface area (Å²) < 4.78 is -0.613. The van der Waals surface area contributed by atoms with Gasteiger partial charge in [0.05, 0.1) is 11.9 Å². The molecule has 4 N–H and O–H groups in total. The number of carbonyl (C=O) groups excluding carboxylic acids is 4. The first-order valence-electron chi connectivity index (χ1n) is 14.4. The Kier molecular flexibility index (Phi) is 11.0. The number of hydrogen-bond donors (Lipinski definition) is 4. The first kappa shape index (κ1) is 32.5. The second-order valence-electron chi connectivity index (χ2n) is 11.2. The molecule has 4 amide bonds. The van der Waals surface area contributed by atoms with Crippen molar-refractivity contribution in [2.24, 2.45) is 0 Å². The minimum atomic E-state index is -1.65. The van der Waals surface area contributed by atoms with Crippen LogP contribution in [0.4, 0.5) is 5.69 Å². The number of aliphatic hydroxyl groups excluding tert-OH is 1. The molecule has 1 heterocycles. The molecule has 0 saturated carbocycles. The number of aryl methyl sites for hydroxylation is 1. The van der Waals surface area contributed by atoms with E-state index in [1.807, 2.05) is 81.4 Å². The number of para-hydroxylation sites is 1. The largest absolute Gasteiger partial charge is 0.381 e. The van der Waals surface area contributed by atoms with Gasteiger partial charge in [-0.25, -0.2) is 0 Å². The standard InChI is InChI=1S/C34H38N4O5S/c1-23-12-10-11-15-25(23)21-35-32(42)31-34(2,3)44-22-38(31)33(43)30(41)27(20-24-13-6-4-7-14-24)37-29(40)19-18-28(39)36-26-16-8-5-9-17-26/h4-19,27,30-31,41H,20-22H2,1-3H3,(H,35,42)(H,36,39)(H,37,40)/b19-18+. The number of nitrogens with one attached hydrogen (secondary N) is 3. The lowest BCUT2D eigenvalue weighted by Crippen LogP contribution is -2.58. The third kappa shape index (κ3) is 8.58. The van der Waals surface area contributed by atoms with Crippen LogP contribution in [0.3, 0.4) is 0 Å². The van der Waals surface area contributed by atoms with Crippen LogP contribution in [0.1, 0.15) is 30.5 Å².